The van der Waals surface area contributed by atoms with Crippen molar-refractivity contribution in [2.24, 2.45) is 0 Å². The molecule has 1 unspecified atom stereocenters. The fourth-order valence-electron chi connectivity index (χ4n) is 4.21. The van der Waals surface area contributed by atoms with Crippen LogP contribution in [0.5, 0.6) is 11.5 Å². The topological polar surface area (TPSA) is 49.0 Å². The van der Waals surface area contributed by atoms with Crippen molar-refractivity contribution in [1.29, 1.82) is 0 Å². The molecule has 1 aliphatic carbocycles. The highest BCUT2D eigenvalue weighted by Gasteiger charge is 2.39. The summed E-state index contributed by atoms with van der Waals surface area (Å²) in [5.41, 5.74) is 6.27. The third-order valence-electron chi connectivity index (χ3n) is 5.74. The second kappa shape index (κ2) is 7.76. The molecule has 1 fully saturated rings. The fourth-order valence-corrected chi connectivity index (χ4v) is 4.21. The van der Waals surface area contributed by atoms with Crippen LogP contribution < -0.4 is 15.0 Å². The first kappa shape index (κ1) is 20.2. The maximum absolute atomic E-state index is 12.7. The molecule has 0 amide bonds. The Morgan fingerprint density at radius 1 is 1.06 bits per heavy atom. The Hall–Kier alpha value is -2.71. The van der Waals surface area contributed by atoms with E-state index in [-0.39, 0.29) is 17.6 Å². The van der Waals surface area contributed by atoms with Gasteiger partial charge in [0.05, 0.1) is 12.3 Å². The first-order valence-corrected chi connectivity index (χ1v) is 10.2. The van der Waals surface area contributed by atoms with Crippen LogP contribution in [0.4, 0.5) is 13.2 Å². The van der Waals surface area contributed by atoms with Crippen LogP contribution in [0.1, 0.15) is 23.1 Å². The maximum atomic E-state index is 12.7. The van der Waals surface area contributed by atoms with E-state index >= 15 is 0 Å². The van der Waals surface area contributed by atoms with Crippen LogP contribution >= 0.6 is 0 Å². The molecule has 0 saturated carbocycles. The molecule has 2 aliphatic heterocycles. The van der Waals surface area contributed by atoms with Crippen LogP contribution in [-0.2, 0) is 22.4 Å². The van der Waals surface area contributed by atoms with Gasteiger partial charge in [-0.25, -0.2) is 0 Å². The molecule has 2 aromatic carbocycles. The van der Waals surface area contributed by atoms with Gasteiger partial charge in [0.1, 0.15) is 11.7 Å². The fraction of sp³-hybridized carbons (Fsp3) is 0.391. The molecular weight excluding hydrogens is 411 g/mol. The zero-order valence-corrected chi connectivity index (χ0v) is 16.7. The van der Waals surface area contributed by atoms with Gasteiger partial charge < -0.3 is 14.2 Å². The lowest BCUT2D eigenvalue weighted by Crippen LogP contribution is -2.29. The summed E-state index contributed by atoms with van der Waals surface area (Å²) >= 11 is 0. The van der Waals surface area contributed by atoms with Gasteiger partial charge in [-0.05, 0) is 35.4 Å². The Morgan fingerprint density at radius 3 is 2.52 bits per heavy atom. The zero-order valence-electron chi connectivity index (χ0n) is 16.7. The normalized spacial score (nSPS) is 23.0. The number of halogens is 3. The van der Waals surface area contributed by atoms with Gasteiger partial charge in [-0.1, -0.05) is 24.3 Å². The molecule has 2 aromatic rings. The van der Waals surface area contributed by atoms with Crippen LogP contribution in [0, 0.1) is 0 Å². The Bertz CT molecular complexity index is 974. The van der Waals surface area contributed by atoms with Crippen molar-refractivity contribution in [1.82, 2.24) is 5.48 Å². The minimum Gasteiger partial charge on any atom is -0.486 e. The summed E-state index contributed by atoms with van der Waals surface area (Å²) in [7, 11) is 0. The van der Waals surface area contributed by atoms with Crippen LogP contribution in [0.2, 0.25) is 0 Å². The number of hydrogen-bond donors (Lipinski definition) is 1. The van der Waals surface area contributed by atoms with Crippen molar-refractivity contribution in [3.8, 4) is 11.5 Å². The average molecular weight is 433 g/mol. The molecular formula is C23H22F3NO4. The standard InChI is InChI=1S/C23H22F3NO4/c24-23(25,26)14-29-20-6-5-17(19-12-22(31-27-19)7-8-28-13-22)11-21(20)30-18-9-15-3-1-2-4-16(15)10-18/h1-6,11-12,18,27H,7-10,13-14H2. The van der Waals surface area contributed by atoms with Crippen LogP contribution in [0.3, 0.4) is 0 Å². The molecule has 2 heterocycles. The summed E-state index contributed by atoms with van der Waals surface area (Å²) < 4.78 is 54.9. The largest absolute Gasteiger partial charge is 0.486 e. The first-order valence-electron chi connectivity index (χ1n) is 10.2. The van der Waals surface area contributed by atoms with Crippen LogP contribution in [0.25, 0.3) is 5.70 Å². The summed E-state index contributed by atoms with van der Waals surface area (Å²) in [6.45, 7) is -0.301. The second-order valence-corrected chi connectivity index (χ2v) is 8.11. The molecule has 1 atom stereocenters. The van der Waals surface area contributed by atoms with Crippen LogP contribution in [0.15, 0.2) is 48.5 Å². The number of benzene rings is 2. The van der Waals surface area contributed by atoms with Gasteiger partial charge in [-0.15, -0.1) is 0 Å². The molecule has 1 spiro atoms. The molecule has 31 heavy (non-hydrogen) atoms. The predicted molar refractivity (Wildman–Crippen MR) is 107 cm³/mol. The summed E-state index contributed by atoms with van der Waals surface area (Å²) in [5, 5.41) is 0. The van der Waals surface area contributed by atoms with E-state index in [9.17, 15) is 13.2 Å². The number of hydroxylamine groups is 1. The highest BCUT2D eigenvalue weighted by molar-refractivity contribution is 5.68. The quantitative estimate of drug-likeness (QED) is 0.766. The number of nitrogens with one attached hydrogen (secondary N) is 1. The van der Waals surface area contributed by atoms with Gasteiger partial charge in [0.15, 0.2) is 18.1 Å². The smallest absolute Gasteiger partial charge is 0.422 e. The Balaban J connectivity index is 1.40. The lowest BCUT2D eigenvalue weighted by molar-refractivity contribution is -0.153. The van der Waals surface area contributed by atoms with Crippen molar-refractivity contribution in [3.63, 3.8) is 0 Å². The summed E-state index contributed by atoms with van der Waals surface area (Å²) in [6.07, 6.45) is -0.511. The van der Waals surface area contributed by atoms with E-state index in [1.807, 2.05) is 30.3 Å². The highest BCUT2D eigenvalue weighted by atomic mass is 19.4. The Labute approximate surface area is 177 Å². The van der Waals surface area contributed by atoms with Crippen molar-refractivity contribution in [2.75, 3.05) is 19.8 Å². The van der Waals surface area contributed by atoms with E-state index in [1.165, 1.54) is 17.2 Å². The van der Waals surface area contributed by atoms with E-state index in [4.69, 9.17) is 19.0 Å². The molecule has 5 rings (SSSR count). The van der Waals surface area contributed by atoms with E-state index in [0.717, 1.165) is 17.7 Å². The number of fused-ring (bicyclic) bond motifs is 1. The third-order valence-corrected chi connectivity index (χ3v) is 5.74. The highest BCUT2D eigenvalue weighted by Crippen LogP contribution is 2.38. The number of hydrogen-bond acceptors (Lipinski definition) is 5. The molecule has 8 heteroatoms. The summed E-state index contributed by atoms with van der Waals surface area (Å²) in [4.78, 5) is 5.72. The lowest BCUT2D eigenvalue weighted by Gasteiger charge is -2.19. The zero-order chi connectivity index (χ0) is 21.5. The monoisotopic (exact) mass is 433 g/mol. The van der Waals surface area contributed by atoms with E-state index in [0.29, 0.717) is 26.1 Å². The van der Waals surface area contributed by atoms with E-state index in [1.54, 1.807) is 12.1 Å². The molecule has 0 bridgehead atoms. The molecule has 164 valence electrons. The molecule has 3 aliphatic rings. The van der Waals surface area contributed by atoms with Crippen molar-refractivity contribution >= 4 is 5.70 Å². The number of ether oxygens (including phenoxy) is 3. The van der Waals surface area contributed by atoms with E-state index in [2.05, 4.69) is 5.48 Å². The average Bonchev–Trinajstić information content (AvgIpc) is 3.47. The molecule has 1 saturated heterocycles. The minimum absolute atomic E-state index is 0.0652. The molecule has 1 N–H and O–H groups in total. The lowest BCUT2D eigenvalue weighted by atomic mass is 10.0. The minimum atomic E-state index is -4.43. The Morgan fingerprint density at radius 2 is 1.84 bits per heavy atom. The summed E-state index contributed by atoms with van der Waals surface area (Å²) in [5.74, 6) is 0.348. The van der Waals surface area contributed by atoms with Gasteiger partial charge in [-0.2, -0.15) is 13.2 Å². The van der Waals surface area contributed by atoms with Crippen LogP contribution in [-0.4, -0.2) is 37.7 Å². The van der Waals surface area contributed by atoms with Gasteiger partial charge in [0.25, 0.3) is 0 Å². The number of alkyl halides is 3. The van der Waals surface area contributed by atoms with E-state index < -0.39 is 18.4 Å². The summed E-state index contributed by atoms with van der Waals surface area (Å²) in [6, 6.07) is 12.9. The van der Waals surface area contributed by atoms with Crippen molar-refractivity contribution < 1.29 is 32.2 Å². The van der Waals surface area contributed by atoms with Gasteiger partial charge in [0, 0.05) is 31.4 Å². The van der Waals surface area contributed by atoms with Crippen molar-refractivity contribution in [3.05, 3.63) is 65.2 Å². The Kier molecular flexibility index (Phi) is 5.06. The number of rotatable bonds is 5. The van der Waals surface area contributed by atoms with Crippen molar-refractivity contribution in [2.45, 2.75) is 37.1 Å². The molecule has 5 nitrogen and oxygen atoms in total. The predicted octanol–water partition coefficient (Wildman–Crippen LogP) is 4.21. The van der Waals surface area contributed by atoms with Gasteiger partial charge >= 0.3 is 6.18 Å². The van der Waals surface area contributed by atoms with Gasteiger partial charge in [-0.3, -0.25) is 10.3 Å². The SMILES string of the molecule is FC(F)(F)COc1ccc(C2=CC3(CCOC3)ON2)cc1OC1Cc2ccccc2C1. The molecule has 0 aromatic heterocycles. The van der Waals surface area contributed by atoms with Gasteiger partial charge in [0.2, 0.25) is 0 Å². The maximum Gasteiger partial charge on any atom is 0.422 e. The first-order chi connectivity index (χ1) is 14.9. The molecule has 0 radical (unpaired) electrons. The second-order valence-electron chi connectivity index (χ2n) is 8.11. The third kappa shape index (κ3) is 4.36.